The zero-order chi connectivity index (χ0) is 16.5. The highest BCUT2D eigenvalue weighted by Gasteiger charge is 2.04. The van der Waals surface area contributed by atoms with Crippen molar-refractivity contribution in [1.82, 2.24) is 5.32 Å². The third kappa shape index (κ3) is 19.9. The third-order valence-electron chi connectivity index (χ3n) is 4.43. The molecule has 0 aliphatic heterocycles. The van der Waals surface area contributed by atoms with Gasteiger partial charge in [-0.1, -0.05) is 71.1 Å². The van der Waals surface area contributed by atoms with Crippen molar-refractivity contribution in [3.63, 3.8) is 0 Å². The minimum absolute atomic E-state index is 1.12. The average Bonchev–Trinajstić information content (AvgIpc) is 2.45. The summed E-state index contributed by atoms with van der Waals surface area (Å²) in [6.07, 6.45) is 18.8. The van der Waals surface area contributed by atoms with Gasteiger partial charge in [0.2, 0.25) is 0 Å². The van der Waals surface area contributed by atoms with Crippen molar-refractivity contribution in [2.45, 2.75) is 90.4 Å². The van der Waals surface area contributed by atoms with E-state index in [9.17, 15) is 0 Å². The lowest BCUT2D eigenvalue weighted by molar-refractivity contribution is -0.870. The second-order valence-corrected chi connectivity index (χ2v) is 7.96. The molecule has 134 valence electrons. The Kier molecular flexibility index (Phi) is 15.7. The summed E-state index contributed by atoms with van der Waals surface area (Å²) in [6, 6.07) is 0. The summed E-state index contributed by atoms with van der Waals surface area (Å²) in [6.45, 7) is 5.85. The molecule has 2 nitrogen and oxygen atoms in total. The Morgan fingerprint density at radius 2 is 0.909 bits per heavy atom. The van der Waals surface area contributed by atoms with Crippen LogP contribution in [-0.2, 0) is 0 Å². The molecule has 22 heavy (non-hydrogen) atoms. The first-order valence-corrected chi connectivity index (χ1v) is 10.1. The largest absolute Gasteiger partial charge is 0.331 e. The zero-order valence-corrected chi connectivity index (χ0v) is 16.3. The summed E-state index contributed by atoms with van der Waals surface area (Å²) in [4.78, 5) is 0. The van der Waals surface area contributed by atoms with Gasteiger partial charge in [0.1, 0.15) is 0 Å². The van der Waals surface area contributed by atoms with Crippen LogP contribution >= 0.6 is 0 Å². The third-order valence-corrected chi connectivity index (χ3v) is 4.43. The van der Waals surface area contributed by atoms with Crippen molar-refractivity contribution in [2.24, 2.45) is 0 Å². The lowest BCUT2D eigenvalue weighted by atomic mass is 10.0. The van der Waals surface area contributed by atoms with Crippen molar-refractivity contribution < 1.29 is 4.48 Å². The molecule has 0 amide bonds. The van der Waals surface area contributed by atoms with Crippen LogP contribution in [0.5, 0.6) is 0 Å². The molecule has 0 aromatic carbocycles. The van der Waals surface area contributed by atoms with E-state index < -0.39 is 0 Å². The van der Waals surface area contributed by atoms with Crippen molar-refractivity contribution in [3.05, 3.63) is 0 Å². The van der Waals surface area contributed by atoms with E-state index in [4.69, 9.17) is 0 Å². The van der Waals surface area contributed by atoms with E-state index in [2.05, 4.69) is 33.4 Å². The van der Waals surface area contributed by atoms with Crippen LogP contribution in [-0.4, -0.2) is 45.3 Å². The fourth-order valence-electron chi connectivity index (χ4n) is 2.96. The Labute approximate surface area is 141 Å². The first-order chi connectivity index (χ1) is 10.6. The van der Waals surface area contributed by atoms with Gasteiger partial charge in [-0.15, -0.1) is 0 Å². The topological polar surface area (TPSA) is 12.0 Å². The fourth-order valence-corrected chi connectivity index (χ4v) is 2.96. The van der Waals surface area contributed by atoms with E-state index in [-0.39, 0.29) is 0 Å². The van der Waals surface area contributed by atoms with Gasteiger partial charge in [0.05, 0.1) is 27.7 Å². The maximum absolute atomic E-state index is 3.40. The second kappa shape index (κ2) is 15.8. The number of nitrogens with one attached hydrogen (secondary N) is 1. The highest BCUT2D eigenvalue weighted by atomic mass is 15.3. The van der Waals surface area contributed by atoms with Gasteiger partial charge < -0.3 is 9.80 Å². The highest BCUT2D eigenvalue weighted by Crippen LogP contribution is 2.12. The maximum atomic E-state index is 3.40. The van der Waals surface area contributed by atoms with Gasteiger partial charge in [-0.25, -0.2) is 0 Å². The number of rotatable bonds is 17. The van der Waals surface area contributed by atoms with Crippen LogP contribution in [0, 0.1) is 0 Å². The van der Waals surface area contributed by atoms with Crippen molar-refractivity contribution in [3.8, 4) is 0 Å². The Morgan fingerprint density at radius 1 is 0.545 bits per heavy atom. The maximum Gasteiger partial charge on any atom is 0.0780 e. The molecule has 0 unspecified atom stereocenters. The molecule has 0 bridgehead atoms. The molecule has 0 fully saturated rings. The Bertz CT molecular complexity index is 208. The number of quaternary nitrogens is 1. The number of hydrogen-bond acceptors (Lipinski definition) is 1. The van der Waals surface area contributed by atoms with Crippen LogP contribution in [0.2, 0.25) is 0 Å². The summed E-state index contributed by atoms with van der Waals surface area (Å²) in [5, 5.41) is 3.40. The summed E-state index contributed by atoms with van der Waals surface area (Å²) in [5.41, 5.74) is 0. The molecule has 2 heteroatoms. The molecular weight excluding hydrogens is 268 g/mol. The van der Waals surface area contributed by atoms with Gasteiger partial charge in [0.15, 0.2) is 0 Å². The van der Waals surface area contributed by atoms with Crippen molar-refractivity contribution in [2.75, 3.05) is 40.8 Å². The molecule has 0 heterocycles. The fraction of sp³-hybridized carbons (Fsp3) is 1.00. The molecule has 0 aliphatic rings. The molecule has 0 saturated carbocycles. The molecule has 0 aliphatic carbocycles. The van der Waals surface area contributed by atoms with Crippen LogP contribution in [0.3, 0.4) is 0 Å². The number of hydrogen-bond donors (Lipinski definition) is 1. The first kappa shape index (κ1) is 21.9. The number of nitrogens with zero attached hydrogens (tertiary/aromatic N) is 1. The van der Waals surface area contributed by atoms with Crippen LogP contribution in [0.4, 0.5) is 0 Å². The van der Waals surface area contributed by atoms with E-state index in [0.29, 0.717) is 0 Å². The monoisotopic (exact) mass is 313 g/mol. The molecule has 0 saturated heterocycles. The van der Waals surface area contributed by atoms with E-state index in [1.165, 1.54) is 96.6 Å². The summed E-state index contributed by atoms with van der Waals surface area (Å²) in [5.74, 6) is 0. The molecule has 0 radical (unpaired) electrons. The minimum atomic E-state index is 1.12. The molecule has 1 N–H and O–H groups in total. The SMILES string of the molecule is CCNCCCCCCCCCCCCCCC[N+](C)(C)C. The van der Waals surface area contributed by atoms with Crippen LogP contribution in [0.25, 0.3) is 0 Å². The molecule has 0 rings (SSSR count). The second-order valence-electron chi connectivity index (χ2n) is 7.96. The van der Waals surface area contributed by atoms with Gasteiger partial charge in [-0.05, 0) is 32.4 Å². The lowest BCUT2D eigenvalue weighted by Gasteiger charge is -2.23. The van der Waals surface area contributed by atoms with Gasteiger partial charge in [0.25, 0.3) is 0 Å². The summed E-state index contributed by atoms with van der Waals surface area (Å²) >= 11 is 0. The molecular formula is C20H45N2+. The Hall–Kier alpha value is -0.0800. The minimum Gasteiger partial charge on any atom is -0.331 e. The first-order valence-electron chi connectivity index (χ1n) is 10.1. The molecule has 0 atom stereocenters. The van der Waals surface area contributed by atoms with E-state index in [1.54, 1.807) is 0 Å². The van der Waals surface area contributed by atoms with Crippen LogP contribution in [0.15, 0.2) is 0 Å². The normalized spacial score (nSPS) is 12.0. The summed E-state index contributed by atoms with van der Waals surface area (Å²) < 4.78 is 1.12. The molecule has 0 spiro atoms. The van der Waals surface area contributed by atoms with E-state index >= 15 is 0 Å². The van der Waals surface area contributed by atoms with Crippen molar-refractivity contribution >= 4 is 0 Å². The Balaban J connectivity index is 3.00. The summed E-state index contributed by atoms with van der Waals surface area (Å²) in [7, 11) is 6.88. The van der Waals surface area contributed by atoms with Crippen LogP contribution < -0.4 is 5.32 Å². The lowest BCUT2D eigenvalue weighted by Crippen LogP contribution is -2.35. The highest BCUT2D eigenvalue weighted by molar-refractivity contribution is 4.50. The quantitative estimate of drug-likeness (QED) is 0.281. The molecule has 0 aromatic rings. The van der Waals surface area contributed by atoms with Crippen molar-refractivity contribution in [1.29, 1.82) is 0 Å². The smallest absolute Gasteiger partial charge is 0.0780 e. The van der Waals surface area contributed by atoms with Gasteiger partial charge in [-0.2, -0.15) is 0 Å². The zero-order valence-electron chi connectivity index (χ0n) is 16.3. The van der Waals surface area contributed by atoms with E-state index in [1.807, 2.05) is 0 Å². The average molecular weight is 314 g/mol. The van der Waals surface area contributed by atoms with Gasteiger partial charge in [0, 0.05) is 0 Å². The number of unbranched alkanes of at least 4 members (excludes halogenated alkanes) is 12. The standard InChI is InChI=1S/C20H45N2/c1-5-21-19-17-15-13-11-9-7-6-8-10-12-14-16-18-20-22(2,3)4/h21H,5-20H2,1-4H3/q+1. The Morgan fingerprint density at radius 3 is 1.27 bits per heavy atom. The predicted octanol–water partition coefficient (Wildman–Crippen LogP) is 5.37. The van der Waals surface area contributed by atoms with E-state index in [0.717, 1.165) is 11.0 Å². The van der Waals surface area contributed by atoms with Gasteiger partial charge >= 0.3 is 0 Å². The van der Waals surface area contributed by atoms with Gasteiger partial charge in [-0.3, -0.25) is 0 Å². The molecule has 0 aromatic heterocycles. The predicted molar refractivity (Wildman–Crippen MR) is 101 cm³/mol. The van der Waals surface area contributed by atoms with Crippen LogP contribution in [0.1, 0.15) is 90.4 Å².